The molecule has 0 fully saturated rings. The molecule has 0 amide bonds. The van der Waals surface area contributed by atoms with Crippen molar-refractivity contribution in [2.24, 2.45) is 7.05 Å². The van der Waals surface area contributed by atoms with Gasteiger partial charge in [0, 0.05) is 13.2 Å². The molecular weight excluding hydrogens is 297 g/mol. The van der Waals surface area contributed by atoms with E-state index in [-0.39, 0.29) is 15.9 Å². The second-order valence-electron chi connectivity index (χ2n) is 3.73. The highest BCUT2D eigenvalue weighted by atomic mass is 32.2. The summed E-state index contributed by atoms with van der Waals surface area (Å²) in [7, 11) is 1.55. The lowest BCUT2D eigenvalue weighted by molar-refractivity contribution is -0.392. The zero-order chi connectivity index (χ0) is 14.9. The molecule has 106 valence electrons. The number of nitrogens with zero attached hydrogens (tertiary/aromatic N) is 4. The molecule has 0 unspecified atom stereocenters. The minimum Gasteiger partial charge on any atom is -0.358 e. The number of halogens is 3. The SMILES string of the molecule is Cn1cnc([N+](=O)[O-])c1Sc1ccc(C(F)(F)F)cn1. The van der Waals surface area contributed by atoms with Crippen LogP contribution in [0, 0.1) is 10.1 Å². The highest BCUT2D eigenvalue weighted by molar-refractivity contribution is 7.99. The Morgan fingerprint density at radius 2 is 2.05 bits per heavy atom. The van der Waals surface area contributed by atoms with Crippen molar-refractivity contribution < 1.29 is 18.1 Å². The van der Waals surface area contributed by atoms with Crippen LogP contribution in [0.2, 0.25) is 0 Å². The Kier molecular flexibility index (Phi) is 3.66. The van der Waals surface area contributed by atoms with Gasteiger partial charge in [-0.1, -0.05) is 0 Å². The van der Waals surface area contributed by atoms with Crippen LogP contribution < -0.4 is 0 Å². The summed E-state index contributed by atoms with van der Waals surface area (Å²) in [6.07, 6.45) is -2.52. The minimum absolute atomic E-state index is 0.197. The number of aryl methyl sites for hydroxylation is 1. The maximum Gasteiger partial charge on any atom is 0.417 e. The molecule has 2 aromatic rings. The Morgan fingerprint density at radius 3 is 2.55 bits per heavy atom. The van der Waals surface area contributed by atoms with Crippen molar-refractivity contribution in [3.8, 4) is 0 Å². The number of rotatable bonds is 3. The van der Waals surface area contributed by atoms with Gasteiger partial charge in [0.15, 0.2) is 5.03 Å². The largest absolute Gasteiger partial charge is 0.417 e. The summed E-state index contributed by atoms with van der Waals surface area (Å²) in [6, 6.07) is 2.03. The first-order valence-corrected chi connectivity index (χ1v) is 5.97. The first-order valence-electron chi connectivity index (χ1n) is 5.16. The second-order valence-corrected chi connectivity index (χ2v) is 4.74. The molecule has 0 aliphatic carbocycles. The molecule has 0 saturated carbocycles. The predicted octanol–water partition coefficient (Wildman–Crippen LogP) is 2.89. The van der Waals surface area contributed by atoms with E-state index in [1.807, 2.05) is 0 Å². The summed E-state index contributed by atoms with van der Waals surface area (Å²) in [5, 5.41) is 11.2. The Bertz CT molecular complexity index is 639. The van der Waals surface area contributed by atoms with Gasteiger partial charge in [0.2, 0.25) is 6.33 Å². The number of alkyl halides is 3. The lowest BCUT2D eigenvalue weighted by Crippen LogP contribution is -2.05. The third-order valence-electron chi connectivity index (χ3n) is 2.30. The Morgan fingerprint density at radius 1 is 1.35 bits per heavy atom. The average Bonchev–Trinajstić information content (AvgIpc) is 2.71. The van der Waals surface area contributed by atoms with Crippen LogP contribution in [0.25, 0.3) is 0 Å². The summed E-state index contributed by atoms with van der Waals surface area (Å²) < 4.78 is 38.5. The Hall–Kier alpha value is -2.10. The lowest BCUT2D eigenvalue weighted by Gasteiger charge is -2.06. The predicted molar refractivity (Wildman–Crippen MR) is 63.2 cm³/mol. The normalized spacial score (nSPS) is 11.6. The molecule has 0 aromatic carbocycles. The van der Waals surface area contributed by atoms with Gasteiger partial charge in [-0.3, -0.25) is 0 Å². The zero-order valence-corrected chi connectivity index (χ0v) is 10.8. The van der Waals surface area contributed by atoms with Crippen LogP contribution in [0.15, 0.2) is 34.7 Å². The molecule has 0 bridgehead atoms. The fourth-order valence-electron chi connectivity index (χ4n) is 1.36. The van der Waals surface area contributed by atoms with E-state index in [1.54, 1.807) is 7.05 Å². The fraction of sp³-hybridized carbons (Fsp3) is 0.200. The van der Waals surface area contributed by atoms with Crippen molar-refractivity contribution in [2.75, 3.05) is 0 Å². The molecule has 2 aromatic heterocycles. The van der Waals surface area contributed by atoms with Gasteiger partial charge in [-0.25, -0.2) is 4.98 Å². The van der Waals surface area contributed by atoms with Crippen LogP contribution in [0.3, 0.4) is 0 Å². The van der Waals surface area contributed by atoms with E-state index < -0.39 is 16.7 Å². The van der Waals surface area contributed by atoms with E-state index in [4.69, 9.17) is 0 Å². The molecule has 0 saturated heterocycles. The van der Waals surface area contributed by atoms with E-state index >= 15 is 0 Å². The number of hydrogen-bond acceptors (Lipinski definition) is 5. The molecule has 0 aliphatic heterocycles. The van der Waals surface area contributed by atoms with Gasteiger partial charge in [-0.15, -0.1) is 0 Å². The number of imidazole rings is 1. The first-order chi connectivity index (χ1) is 9.29. The zero-order valence-electron chi connectivity index (χ0n) is 9.96. The van der Waals surface area contributed by atoms with Gasteiger partial charge in [0.1, 0.15) is 5.03 Å². The molecule has 20 heavy (non-hydrogen) atoms. The topological polar surface area (TPSA) is 73.8 Å². The summed E-state index contributed by atoms with van der Waals surface area (Å²) >= 11 is 0.876. The molecule has 10 heteroatoms. The van der Waals surface area contributed by atoms with Crippen LogP contribution in [0.1, 0.15) is 5.56 Å². The van der Waals surface area contributed by atoms with Gasteiger partial charge in [0.25, 0.3) is 0 Å². The Labute approximate surface area is 114 Å². The van der Waals surface area contributed by atoms with Crippen LogP contribution in [-0.2, 0) is 13.2 Å². The number of pyridine rings is 1. The van der Waals surface area contributed by atoms with Crippen LogP contribution in [0.5, 0.6) is 0 Å². The van der Waals surface area contributed by atoms with Crippen LogP contribution in [0.4, 0.5) is 19.0 Å². The van der Waals surface area contributed by atoms with Gasteiger partial charge in [0.05, 0.1) is 5.56 Å². The Balaban J connectivity index is 2.27. The number of nitro groups is 1. The van der Waals surface area contributed by atoms with Crippen molar-refractivity contribution in [3.05, 3.63) is 40.3 Å². The molecule has 0 atom stereocenters. The highest BCUT2D eigenvalue weighted by Gasteiger charge is 2.31. The summed E-state index contributed by atoms with van der Waals surface area (Å²) in [6.45, 7) is 0. The maximum absolute atomic E-state index is 12.4. The second kappa shape index (κ2) is 5.12. The summed E-state index contributed by atoms with van der Waals surface area (Å²) in [4.78, 5) is 17.3. The molecule has 2 heterocycles. The number of aromatic nitrogens is 3. The van der Waals surface area contributed by atoms with Gasteiger partial charge in [-0.05, 0) is 33.8 Å². The van der Waals surface area contributed by atoms with Crippen LogP contribution >= 0.6 is 11.8 Å². The molecule has 0 radical (unpaired) electrons. The van der Waals surface area contributed by atoms with E-state index in [0.717, 1.165) is 23.9 Å². The molecule has 0 N–H and O–H groups in total. The van der Waals surface area contributed by atoms with Crippen molar-refractivity contribution in [2.45, 2.75) is 16.2 Å². The van der Waals surface area contributed by atoms with E-state index in [2.05, 4.69) is 9.97 Å². The van der Waals surface area contributed by atoms with E-state index in [0.29, 0.717) is 6.20 Å². The quantitative estimate of drug-likeness (QED) is 0.644. The first kappa shape index (κ1) is 14.3. The minimum atomic E-state index is -4.46. The third kappa shape index (κ3) is 2.90. The summed E-state index contributed by atoms with van der Waals surface area (Å²) in [5.41, 5.74) is -0.874. The monoisotopic (exact) mass is 304 g/mol. The van der Waals surface area contributed by atoms with E-state index in [1.165, 1.54) is 10.9 Å². The molecule has 0 aliphatic rings. The smallest absolute Gasteiger partial charge is 0.358 e. The van der Waals surface area contributed by atoms with Crippen LogP contribution in [-0.4, -0.2) is 19.5 Å². The van der Waals surface area contributed by atoms with Gasteiger partial charge < -0.3 is 14.7 Å². The van der Waals surface area contributed by atoms with Gasteiger partial charge in [-0.2, -0.15) is 13.2 Å². The lowest BCUT2D eigenvalue weighted by atomic mass is 10.3. The third-order valence-corrected chi connectivity index (χ3v) is 3.42. The molecule has 6 nitrogen and oxygen atoms in total. The van der Waals surface area contributed by atoms with Crippen molar-refractivity contribution in [3.63, 3.8) is 0 Å². The van der Waals surface area contributed by atoms with Crippen molar-refractivity contribution in [1.82, 2.24) is 14.5 Å². The van der Waals surface area contributed by atoms with Crippen molar-refractivity contribution >= 4 is 17.6 Å². The molecule has 0 spiro atoms. The highest BCUT2D eigenvalue weighted by Crippen LogP contribution is 2.34. The summed E-state index contributed by atoms with van der Waals surface area (Å²) in [5.74, 6) is -0.362. The fourth-order valence-corrected chi connectivity index (χ4v) is 2.21. The molecule has 2 rings (SSSR count). The van der Waals surface area contributed by atoms with Gasteiger partial charge >= 0.3 is 12.0 Å². The van der Waals surface area contributed by atoms with E-state index in [9.17, 15) is 23.3 Å². The maximum atomic E-state index is 12.4. The average molecular weight is 304 g/mol. The molecular formula is C10H7F3N4O2S. The number of hydrogen-bond donors (Lipinski definition) is 0. The standard InChI is InChI=1S/C10H7F3N4O2S/c1-16-5-15-8(17(18)19)9(16)20-7-3-2-6(4-14-7)10(11,12)13/h2-5H,1H3. The van der Waals surface area contributed by atoms with Crippen molar-refractivity contribution in [1.29, 1.82) is 0 Å².